The minimum atomic E-state index is 0.0670. The second kappa shape index (κ2) is 9.29. The SMILES string of the molecule is CCOCCCNC(=O)CSCc1nsnc1C. The number of thioether (sulfide) groups is 1. The third-order valence-electron chi connectivity index (χ3n) is 2.21. The summed E-state index contributed by atoms with van der Waals surface area (Å²) in [5, 5.41) is 2.86. The lowest BCUT2D eigenvalue weighted by Gasteiger charge is -2.04. The van der Waals surface area contributed by atoms with Crippen LogP contribution in [0, 0.1) is 6.92 Å². The van der Waals surface area contributed by atoms with Gasteiger partial charge in [-0.2, -0.15) is 8.75 Å². The van der Waals surface area contributed by atoms with Crippen LogP contribution in [0.3, 0.4) is 0 Å². The summed E-state index contributed by atoms with van der Waals surface area (Å²) in [7, 11) is 0. The maximum Gasteiger partial charge on any atom is 0.230 e. The lowest BCUT2D eigenvalue weighted by molar-refractivity contribution is -0.118. The first kappa shape index (κ1) is 15.4. The minimum absolute atomic E-state index is 0.0670. The number of nitrogens with one attached hydrogen (secondary N) is 1. The molecule has 1 N–H and O–H groups in total. The molecule has 7 heteroatoms. The molecule has 0 saturated heterocycles. The van der Waals surface area contributed by atoms with Crippen LogP contribution in [-0.4, -0.2) is 40.2 Å². The van der Waals surface area contributed by atoms with Gasteiger partial charge in [0.1, 0.15) is 0 Å². The zero-order chi connectivity index (χ0) is 13.2. The van der Waals surface area contributed by atoms with Gasteiger partial charge in [-0.15, -0.1) is 11.8 Å². The van der Waals surface area contributed by atoms with Gasteiger partial charge in [0.15, 0.2) is 0 Å². The van der Waals surface area contributed by atoms with Gasteiger partial charge in [0.25, 0.3) is 0 Å². The Kier molecular flexibility index (Phi) is 7.95. The number of aromatic nitrogens is 2. The van der Waals surface area contributed by atoms with Gasteiger partial charge < -0.3 is 10.1 Å². The number of aryl methyl sites for hydroxylation is 1. The lowest BCUT2D eigenvalue weighted by atomic mass is 10.4. The first-order valence-corrected chi connectivity index (χ1v) is 7.82. The second-order valence-corrected chi connectivity index (χ2v) is 5.20. The predicted molar refractivity (Wildman–Crippen MR) is 74.9 cm³/mol. The van der Waals surface area contributed by atoms with Crippen LogP contribution in [0.2, 0.25) is 0 Å². The van der Waals surface area contributed by atoms with Gasteiger partial charge in [-0.05, 0) is 20.3 Å². The zero-order valence-electron chi connectivity index (χ0n) is 10.8. The largest absolute Gasteiger partial charge is 0.382 e. The van der Waals surface area contributed by atoms with Crippen molar-refractivity contribution in [3.63, 3.8) is 0 Å². The number of carbonyl (C=O) groups excluding carboxylic acids is 1. The second-order valence-electron chi connectivity index (χ2n) is 3.69. The van der Waals surface area contributed by atoms with Crippen LogP contribution < -0.4 is 5.32 Å². The summed E-state index contributed by atoms with van der Waals surface area (Å²) < 4.78 is 13.5. The molecule has 1 amide bonds. The van der Waals surface area contributed by atoms with E-state index < -0.39 is 0 Å². The number of nitrogens with zero attached hydrogens (tertiary/aromatic N) is 2. The third kappa shape index (κ3) is 6.32. The molecule has 0 fully saturated rings. The van der Waals surface area contributed by atoms with E-state index in [9.17, 15) is 4.79 Å². The van der Waals surface area contributed by atoms with Crippen LogP contribution in [0.25, 0.3) is 0 Å². The fraction of sp³-hybridized carbons (Fsp3) is 0.727. The molecular weight excluding hydrogens is 270 g/mol. The maximum absolute atomic E-state index is 11.5. The summed E-state index contributed by atoms with van der Waals surface area (Å²) >= 11 is 2.78. The van der Waals surface area contributed by atoms with E-state index in [1.54, 1.807) is 11.8 Å². The molecule has 1 heterocycles. The Hall–Kier alpha value is -0.660. The predicted octanol–water partition coefficient (Wildman–Crippen LogP) is 1.62. The van der Waals surface area contributed by atoms with Gasteiger partial charge in [0, 0.05) is 25.5 Å². The average molecular weight is 289 g/mol. The summed E-state index contributed by atoms with van der Waals surface area (Å²) in [5.74, 6) is 1.28. The van der Waals surface area contributed by atoms with Crippen LogP contribution >= 0.6 is 23.5 Å². The highest BCUT2D eigenvalue weighted by molar-refractivity contribution is 7.99. The number of amides is 1. The summed E-state index contributed by atoms with van der Waals surface area (Å²) in [6.45, 7) is 6.01. The standard InChI is InChI=1S/C11H19N3O2S2/c1-3-16-6-4-5-12-11(15)8-17-7-10-9(2)13-18-14-10/h3-8H2,1-2H3,(H,12,15). The molecule has 0 saturated carbocycles. The Morgan fingerprint density at radius 3 is 3.00 bits per heavy atom. The van der Waals surface area contributed by atoms with E-state index in [1.807, 2.05) is 13.8 Å². The normalized spacial score (nSPS) is 10.6. The van der Waals surface area contributed by atoms with E-state index in [1.165, 1.54) is 11.7 Å². The van der Waals surface area contributed by atoms with Crippen molar-refractivity contribution in [2.24, 2.45) is 0 Å². The van der Waals surface area contributed by atoms with Crippen LogP contribution in [0.4, 0.5) is 0 Å². The fourth-order valence-electron chi connectivity index (χ4n) is 1.22. The Balaban J connectivity index is 2.02. The van der Waals surface area contributed by atoms with E-state index in [0.29, 0.717) is 18.9 Å². The highest BCUT2D eigenvalue weighted by Crippen LogP contribution is 2.13. The Labute approximate surface area is 116 Å². The summed E-state index contributed by atoms with van der Waals surface area (Å²) in [4.78, 5) is 11.5. The number of hydrogen-bond donors (Lipinski definition) is 1. The number of carbonyl (C=O) groups is 1. The average Bonchev–Trinajstić information content (AvgIpc) is 2.75. The fourth-order valence-corrected chi connectivity index (χ4v) is 2.72. The van der Waals surface area contributed by atoms with Gasteiger partial charge >= 0.3 is 0 Å². The van der Waals surface area contributed by atoms with Gasteiger partial charge in [0.2, 0.25) is 5.91 Å². The maximum atomic E-state index is 11.5. The van der Waals surface area contributed by atoms with E-state index in [2.05, 4.69) is 14.1 Å². The number of rotatable bonds is 9. The van der Waals surface area contributed by atoms with Gasteiger partial charge in [-0.1, -0.05) is 0 Å². The van der Waals surface area contributed by atoms with Crippen molar-refractivity contribution in [1.29, 1.82) is 0 Å². The van der Waals surface area contributed by atoms with Crippen molar-refractivity contribution in [3.05, 3.63) is 11.4 Å². The molecule has 0 bridgehead atoms. The number of ether oxygens (including phenoxy) is 1. The van der Waals surface area contributed by atoms with Crippen molar-refractivity contribution in [1.82, 2.24) is 14.1 Å². The molecule has 0 aliphatic rings. The highest BCUT2D eigenvalue weighted by Gasteiger charge is 2.05. The van der Waals surface area contributed by atoms with Gasteiger partial charge in [-0.3, -0.25) is 4.79 Å². The van der Waals surface area contributed by atoms with Crippen molar-refractivity contribution in [2.45, 2.75) is 26.0 Å². The first-order chi connectivity index (χ1) is 8.74. The molecule has 0 spiro atoms. The van der Waals surface area contributed by atoms with Crippen molar-refractivity contribution in [3.8, 4) is 0 Å². The minimum Gasteiger partial charge on any atom is -0.382 e. The molecule has 0 aliphatic carbocycles. The molecule has 0 aromatic carbocycles. The molecular formula is C11H19N3O2S2. The molecule has 1 aromatic heterocycles. The van der Waals surface area contributed by atoms with E-state index in [-0.39, 0.29) is 5.91 Å². The Morgan fingerprint density at radius 2 is 2.33 bits per heavy atom. The lowest BCUT2D eigenvalue weighted by Crippen LogP contribution is -2.27. The molecule has 5 nitrogen and oxygen atoms in total. The molecule has 102 valence electrons. The summed E-state index contributed by atoms with van der Waals surface area (Å²) in [5.41, 5.74) is 1.94. The Bertz CT molecular complexity index is 358. The molecule has 0 atom stereocenters. The topological polar surface area (TPSA) is 64.1 Å². The van der Waals surface area contributed by atoms with Gasteiger partial charge in [-0.25, -0.2) is 0 Å². The Morgan fingerprint density at radius 1 is 1.50 bits per heavy atom. The van der Waals surface area contributed by atoms with Crippen LogP contribution in [0.1, 0.15) is 24.7 Å². The molecule has 18 heavy (non-hydrogen) atoms. The van der Waals surface area contributed by atoms with Crippen molar-refractivity contribution >= 4 is 29.4 Å². The van der Waals surface area contributed by atoms with Crippen LogP contribution in [0.15, 0.2) is 0 Å². The molecule has 1 rings (SSSR count). The summed E-state index contributed by atoms with van der Waals surface area (Å²) in [6.07, 6.45) is 0.860. The quantitative estimate of drug-likeness (QED) is 0.700. The smallest absolute Gasteiger partial charge is 0.230 e. The summed E-state index contributed by atoms with van der Waals surface area (Å²) in [6, 6.07) is 0. The molecule has 1 aromatic rings. The zero-order valence-corrected chi connectivity index (χ0v) is 12.4. The monoisotopic (exact) mass is 289 g/mol. The van der Waals surface area contributed by atoms with Gasteiger partial charge in [0.05, 0.1) is 28.9 Å². The molecule has 0 radical (unpaired) electrons. The van der Waals surface area contributed by atoms with E-state index in [0.717, 1.165) is 30.2 Å². The highest BCUT2D eigenvalue weighted by atomic mass is 32.2. The molecule has 0 aliphatic heterocycles. The van der Waals surface area contributed by atoms with E-state index in [4.69, 9.17) is 4.74 Å². The van der Waals surface area contributed by atoms with Crippen LogP contribution in [0.5, 0.6) is 0 Å². The number of hydrogen-bond acceptors (Lipinski definition) is 6. The first-order valence-electron chi connectivity index (χ1n) is 5.94. The van der Waals surface area contributed by atoms with Crippen LogP contribution in [-0.2, 0) is 15.3 Å². The molecule has 0 unspecified atom stereocenters. The third-order valence-corrected chi connectivity index (χ3v) is 3.81. The van der Waals surface area contributed by atoms with Crippen molar-refractivity contribution in [2.75, 3.05) is 25.5 Å². The van der Waals surface area contributed by atoms with Crippen molar-refractivity contribution < 1.29 is 9.53 Å². The van der Waals surface area contributed by atoms with E-state index >= 15 is 0 Å².